The van der Waals surface area contributed by atoms with Crippen molar-refractivity contribution in [2.45, 2.75) is 45.1 Å². The number of carbonyl (C=O) groups excluding carboxylic acids is 1. The Bertz CT molecular complexity index is 1430. The molecule has 3 aromatic rings. The lowest BCUT2D eigenvalue weighted by Crippen LogP contribution is -2.37. The van der Waals surface area contributed by atoms with Crippen LogP contribution in [-0.2, 0) is 14.8 Å². The lowest BCUT2D eigenvalue weighted by Gasteiger charge is -2.14. The highest BCUT2D eigenvalue weighted by Gasteiger charge is 2.30. The molecule has 0 aliphatic heterocycles. The van der Waals surface area contributed by atoms with Crippen LogP contribution in [0.25, 0.3) is 21.8 Å². The van der Waals surface area contributed by atoms with Crippen molar-refractivity contribution >= 4 is 50.7 Å². The Kier molecular flexibility index (Phi) is 8.68. The number of anilines is 2. The summed E-state index contributed by atoms with van der Waals surface area (Å²) in [5.41, 5.74) is 1.19. The van der Waals surface area contributed by atoms with E-state index in [2.05, 4.69) is 30.1 Å². The second kappa shape index (κ2) is 11.8. The van der Waals surface area contributed by atoms with Crippen LogP contribution in [-0.4, -0.2) is 54.9 Å². The molecule has 1 fully saturated rings. The Hall–Kier alpha value is -3.03. The maximum absolute atomic E-state index is 14.7. The third-order valence-corrected chi connectivity index (χ3v) is 8.73. The van der Waals surface area contributed by atoms with E-state index in [1.165, 1.54) is 24.5 Å². The summed E-state index contributed by atoms with van der Waals surface area (Å²) in [6, 6.07) is 3.77. The van der Waals surface area contributed by atoms with Gasteiger partial charge in [0.1, 0.15) is 5.82 Å². The minimum absolute atomic E-state index is 0.0424. The van der Waals surface area contributed by atoms with Crippen molar-refractivity contribution in [3.8, 4) is 21.8 Å². The Morgan fingerprint density at radius 2 is 2.08 bits per heavy atom. The van der Waals surface area contributed by atoms with E-state index in [0.29, 0.717) is 41.1 Å². The number of thiazole rings is 1. The summed E-state index contributed by atoms with van der Waals surface area (Å²) >= 11 is 8.08. The fourth-order valence-corrected chi connectivity index (χ4v) is 6.30. The van der Waals surface area contributed by atoms with Crippen LogP contribution in [0.4, 0.5) is 20.8 Å². The summed E-state index contributed by atoms with van der Waals surface area (Å²) in [6.07, 6.45) is 3.46. The molecule has 0 radical (unpaired) electrons. The molecule has 204 valence electrons. The summed E-state index contributed by atoms with van der Waals surface area (Å²) in [6.45, 7) is 3.88. The van der Waals surface area contributed by atoms with Crippen molar-refractivity contribution in [2.24, 2.45) is 0 Å². The van der Waals surface area contributed by atoms with E-state index < -0.39 is 21.9 Å². The first-order valence-electron chi connectivity index (χ1n) is 12.0. The molecule has 2 heterocycles. The van der Waals surface area contributed by atoms with E-state index in [4.69, 9.17) is 16.6 Å². The number of methoxy groups -OCH3 is 1. The number of halogens is 2. The first-order chi connectivity index (χ1) is 18.1. The maximum atomic E-state index is 14.7. The van der Waals surface area contributed by atoms with Crippen molar-refractivity contribution in [2.75, 3.05) is 29.4 Å². The third-order valence-electron chi connectivity index (χ3n) is 5.61. The van der Waals surface area contributed by atoms with Gasteiger partial charge in [-0.1, -0.05) is 18.5 Å². The molecular formula is C24H28ClFN6O4S2. The summed E-state index contributed by atoms with van der Waals surface area (Å²) in [7, 11) is -2.40. The molecule has 1 aliphatic rings. The van der Waals surface area contributed by atoms with Crippen LogP contribution >= 0.6 is 22.9 Å². The number of nitrogens with one attached hydrogen (secondary N) is 3. The molecule has 1 unspecified atom stereocenters. The SMILES string of the molecule is CCCS(=O)(=O)Nc1cc(F)cc(-c2nc(C3CC3)sc2-c2ccnc(NCC(C)NC(=O)OC)n2)c1Cl. The summed E-state index contributed by atoms with van der Waals surface area (Å²) in [5.74, 6) is -0.130. The average molecular weight is 583 g/mol. The molecule has 1 aliphatic carbocycles. The molecule has 3 N–H and O–H groups in total. The molecule has 10 nitrogen and oxygen atoms in total. The van der Waals surface area contributed by atoms with Gasteiger partial charge in [0, 0.05) is 30.3 Å². The van der Waals surface area contributed by atoms with Gasteiger partial charge < -0.3 is 15.4 Å². The normalized spacial score (nSPS) is 14.1. The second-order valence-corrected chi connectivity index (χ2v) is 12.2. The second-order valence-electron chi connectivity index (χ2n) is 8.92. The monoisotopic (exact) mass is 582 g/mol. The van der Waals surface area contributed by atoms with E-state index >= 15 is 0 Å². The Morgan fingerprint density at radius 1 is 1.32 bits per heavy atom. The predicted octanol–water partition coefficient (Wildman–Crippen LogP) is 5.25. The number of hydrogen-bond acceptors (Lipinski definition) is 9. The molecule has 1 atom stereocenters. The number of carbonyl (C=O) groups is 1. The van der Waals surface area contributed by atoms with Crippen LogP contribution in [0.5, 0.6) is 0 Å². The molecule has 1 aromatic carbocycles. The topological polar surface area (TPSA) is 135 Å². The van der Waals surface area contributed by atoms with Gasteiger partial charge in [-0.25, -0.2) is 32.6 Å². The minimum atomic E-state index is -3.69. The lowest BCUT2D eigenvalue weighted by molar-refractivity contribution is 0.168. The molecule has 14 heteroatoms. The molecule has 0 saturated heterocycles. The highest BCUT2D eigenvalue weighted by atomic mass is 35.5. The Balaban J connectivity index is 1.69. The molecule has 1 saturated carbocycles. The number of benzene rings is 1. The van der Waals surface area contributed by atoms with E-state index in [-0.39, 0.29) is 28.1 Å². The van der Waals surface area contributed by atoms with Crippen molar-refractivity contribution in [1.29, 1.82) is 0 Å². The molecular weight excluding hydrogens is 555 g/mol. The van der Waals surface area contributed by atoms with Gasteiger partial charge in [-0.05, 0) is 44.4 Å². The van der Waals surface area contributed by atoms with Crippen LogP contribution in [0.15, 0.2) is 24.4 Å². The lowest BCUT2D eigenvalue weighted by atomic mass is 10.1. The highest BCUT2D eigenvalue weighted by molar-refractivity contribution is 7.92. The number of sulfonamides is 1. The molecule has 0 spiro atoms. The number of amides is 1. The van der Waals surface area contributed by atoms with E-state index in [0.717, 1.165) is 23.9 Å². The van der Waals surface area contributed by atoms with Crippen molar-refractivity contribution < 1.29 is 22.3 Å². The van der Waals surface area contributed by atoms with Gasteiger partial charge in [0.05, 0.1) is 44.8 Å². The number of rotatable bonds is 11. The van der Waals surface area contributed by atoms with Crippen LogP contribution in [0.1, 0.15) is 44.0 Å². The molecule has 1 amide bonds. The fourth-order valence-electron chi connectivity index (χ4n) is 3.65. The van der Waals surface area contributed by atoms with Crippen molar-refractivity contribution in [3.05, 3.63) is 40.2 Å². The van der Waals surface area contributed by atoms with Gasteiger partial charge in [-0.2, -0.15) is 0 Å². The third kappa shape index (κ3) is 6.88. The number of nitrogens with zero attached hydrogens (tertiary/aromatic N) is 3. The standard InChI is InChI=1S/C24H28ClFN6O4S2/c1-4-9-38(34,35)32-18-11-15(26)10-16(19(18)25)20-21(37-22(31-20)14-5-6-14)17-7-8-27-23(30-17)28-12-13(2)29-24(33)36-3/h7-8,10-11,13-14,32H,4-6,9,12H2,1-3H3,(H,29,33)(H,27,28,30). The van der Waals surface area contributed by atoms with Gasteiger partial charge in [-0.15, -0.1) is 11.3 Å². The van der Waals surface area contributed by atoms with Crippen LogP contribution in [0, 0.1) is 5.82 Å². The van der Waals surface area contributed by atoms with Gasteiger partial charge in [-0.3, -0.25) is 4.72 Å². The van der Waals surface area contributed by atoms with E-state index in [9.17, 15) is 17.6 Å². The zero-order valence-electron chi connectivity index (χ0n) is 21.0. The van der Waals surface area contributed by atoms with Gasteiger partial charge in [0.25, 0.3) is 0 Å². The quantitative estimate of drug-likeness (QED) is 0.279. The maximum Gasteiger partial charge on any atom is 0.407 e. The zero-order chi connectivity index (χ0) is 27.4. The first-order valence-corrected chi connectivity index (χ1v) is 14.9. The predicted molar refractivity (Wildman–Crippen MR) is 147 cm³/mol. The molecule has 2 aromatic heterocycles. The Morgan fingerprint density at radius 3 is 2.76 bits per heavy atom. The molecule has 38 heavy (non-hydrogen) atoms. The highest BCUT2D eigenvalue weighted by Crippen LogP contribution is 2.48. The fraction of sp³-hybridized carbons (Fsp3) is 0.417. The van der Waals surface area contributed by atoms with Crippen LogP contribution in [0.2, 0.25) is 5.02 Å². The number of hydrogen-bond donors (Lipinski definition) is 3. The molecule has 4 rings (SSSR count). The van der Waals surface area contributed by atoms with Crippen LogP contribution < -0.4 is 15.4 Å². The average Bonchev–Trinajstić information content (AvgIpc) is 3.63. The first kappa shape index (κ1) is 28.0. The van der Waals surface area contributed by atoms with E-state index in [1.54, 1.807) is 26.1 Å². The number of ether oxygens (including phenoxy) is 1. The number of alkyl carbamates (subject to hydrolysis) is 1. The van der Waals surface area contributed by atoms with Gasteiger partial charge in [0.2, 0.25) is 16.0 Å². The summed E-state index contributed by atoms with van der Waals surface area (Å²) in [4.78, 5) is 25.7. The van der Waals surface area contributed by atoms with Crippen LogP contribution in [0.3, 0.4) is 0 Å². The number of aromatic nitrogens is 3. The largest absolute Gasteiger partial charge is 0.453 e. The van der Waals surface area contributed by atoms with Crippen molar-refractivity contribution in [1.82, 2.24) is 20.3 Å². The molecule has 0 bridgehead atoms. The summed E-state index contributed by atoms with van der Waals surface area (Å²) < 4.78 is 46.5. The van der Waals surface area contributed by atoms with Gasteiger partial charge in [0.15, 0.2) is 0 Å². The zero-order valence-corrected chi connectivity index (χ0v) is 23.4. The summed E-state index contributed by atoms with van der Waals surface area (Å²) in [5, 5.41) is 6.67. The Labute approximate surface area is 229 Å². The van der Waals surface area contributed by atoms with Crippen molar-refractivity contribution in [3.63, 3.8) is 0 Å². The van der Waals surface area contributed by atoms with Gasteiger partial charge >= 0.3 is 6.09 Å². The van der Waals surface area contributed by atoms with E-state index in [1.807, 2.05) is 0 Å². The smallest absolute Gasteiger partial charge is 0.407 e. The minimum Gasteiger partial charge on any atom is -0.453 e.